The van der Waals surface area contributed by atoms with Gasteiger partial charge in [-0.05, 0) is 43.2 Å². The number of aromatic amines is 1. The van der Waals surface area contributed by atoms with E-state index < -0.39 is 17.6 Å². The van der Waals surface area contributed by atoms with Crippen molar-refractivity contribution in [1.82, 2.24) is 10.2 Å². The first-order valence-electron chi connectivity index (χ1n) is 8.66. The lowest BCUT2D eigenvalue weighted by atomic mass is 10.0. The second-order valence-corrected chi connectivity index (χ2v) is 6.38. The smallest absolute Gasteiger partial charge is 0.436 e. The van der Waals surface area contributed by atoms with Crippen molar-refractivity contribution >= 4 is 0 Å². The Labute approximate surface area is 159 Å². The van der Waals surface area contributed by atoms with Gasteiger partial charge in [-0.2, -0.15) is 18.3 Å². The molecule has 0 unspecified atom stereocenters. The zero-order valence-corrected chi connectivity index (χ0v) is 15.3. The minimum absolute atomic E-state index is 0.0136. The van der Waals surface area contributed by atoms with E-state index in [1.54, 1.807) is 24.3 Å². The Bertz CT molecular complexity index is 980. The number of aromatic nitrogens is 2. The van der Waals surface area contributed by atoms with E-state index >= 15 is 0 Å². The lowest BCUT2D eigenvalue weighted by molar-refractivity contribution is -0.142. The molecule has 8 heteroatoms. The minimum Gasteiger partial charge on any atom is -0.508 e. The molecule has 1 heterocycles. The number of phenols is 2. The lowest BCUT2D eigenvalue weighted by Crippen LogP contribution is -2.07. The molecule has 0 aliphatic rings. The highest BCUT2D eigenvalue weighted by Gasteiger charge is 2.39. The van der Waals surface area contributed by atoms with Crippen molar-refractivity contribution in [1.29, 1.82) is 0 Å². The van der Waals surface area contributed by atoms with Crippen molar-refractivity contribution in [2.45, 2.75) is 32.9 Å². The lowest BCUT2D eigenvalue weighted by Gasteiger charge is -2.12. The number of nitrogens with zero attached hydrogens (tertiary/aromatic N) is 1. The molecule has 3 rings (SSSR count). The fourth-order valence-electron chi connectivity index (χ4n) is 2.82. The second-order valence-electron chi connectivity index (χ2n) is 6.38. The largest absolute Gasteiger partial charge is 0.508 e. The fraction of sp³-hybridized carbons (Fsp3) is 0.250. The van der Waals surface area contributed by atoms with Crippen LogP contribution in [0.2, 0.25) is 0 Å². The summed E-state index contributed by atoms with van der Waals surface area (Å²) in [7, 11) is 0. The highest BCUT2D eigenvalue weighted by atomic mass is 19.4. The third-order valence-electron chi connectivity index (χ3n) is 4.34. The van der Waals surface area contributed by atoms with Gasteiger partial charge in [0.15, 0.2) is 11.4 Å². The van der Waals surface area contributed by atoms with Crippen molar-refractivity contribution in [2.75, 3.05) is 0 Å². The molecule has 1 aromatic heterocycles. The molecule has 5 nitrogen and oxygen atoms in total. The van der Waals surface area contributed by atoms with Crippen molar-refractivity contribution in [3.05, 3.63) is 53.2 Å². The molecule has 28 heavy (non-hydrogen) atoms. The molecule has 2 aromatic carbocycles. The molecule has 0 aliphatic heterocycles. The van der Waals surface area contributed by atoms with Crippen LogP contribution in [0.3, 0.4) is 0 Å². The summed E-state index contributed by atoms with van der Waals surface area (Å²) in [6, 6.07) is 9.30. The predicted octanol–water partition coefficient (Wildman–Crippen LogP) is 5.56. The van der Waals surface area contributed by atoms with Crippen LogP contribution in [0.1, 0.15) is 30.2 Å². The van der Waals surface area contributed by atoms with Gasteiger partial charge >= 0.3 is 6.18 Å². The number of alkyl halides is 3. The van der Waals surface area contributed by atoms with Crippen molar-refractivity contribution in [3.63, 3.8) is 0 Å². The Hall–Kier alpha value is -3.16. The summed E-state index contributed by atoms with van der Waals surface area (Å²) in [5.41, 5.74) is -0.176. The van der Waals surface area contributed by atoms with Gasteiger partial charge in [0.2, 0.25) is 0 Å². The zero-order valence-electron chi connectivity index (χ0n) is 15.3. The number of rotatable bonds is 5. The summed E-state index contributed by atoms with van der Waals surface area (Å²) < 4.78 is 45.8. The molecule has 0 bridgehead atoms. The Balaban J connectivity index is 2.08. The number of hydrogen-bond donors (Lipinski definition) is 3. The van der Waals surface area contributed by atoms with Gasteiger partial charge in [-0.25, -0.2) is 0 Å². The van der Waals surface area contributed by atoms with Crippen molar-refractivity contribution < 1.29 is 28.1 Å². The topological polar surface area (TPSA) is 78.4 Å². The van der Waals surface area contributed by atoms with Gasteiger partial charge in [0.05, 0.1) is 0 Å². The SMILES string of the molecule is CCCc1ccc(Oc2c(-c3ccc(O)c(C)c3O)n[nH]c2C(F)(F)F)cc1. The summed E-state index contributed by atoms with van der Waals surface area (Å²) in [6.07, 6.45) is -2.93. The van der Waals surface area contributed by atoms with E-state index in [1.165, 1.54) is 19.1 Å². The molecule has 0 amide bonds. The minimum atomic E-state index is -4.73. The highest BCUT2D eigenvalue weighted by Crippen LogP contribution is 2.46. The highest BCUT2D eigenvalue weighted by molar-refractivity contribution is 5.76. The number of aryl methyl sites for hydroxylation is 1. The number of aromatic hydroxyl groups is 2. The Kier molecular flexibility index (Phi) is 5.22. The van der Waals surface area contributed by atoms with Crippen LogP contribution in [0.5, 0.6) is 23.0 Å². The molecule has 0 radical (unpaired) electrons. The number of benzene rings is 2. The van der Waals surface area contributed by atoms with Crippen LogP contribution in [0, 0.1) is 6.92 Å². The van der Waals surface area contributed by atoms with Gasteiger partial charge in [0.1, 0.15) is 22.9 Å². The van der Waals surface area contributed by atoms with E-state index in [-0.39, 0.29) is 34.1 Å². The third kappa shape index (κ3) is 3.76. The number of phenolic OH excluding ortho intramolecular Hbond substituents is 2. The molecular formula is C20H19F3N2O3. The Morgan fingerprint density at radius 3 is 2.36 bits per heavy atom. The summed E-state index contributed by atoms with van der Waals surface area (Å²) in [4.78, 5) is 0. The van der Waals surface area contributed by atoms with Crippen LogP contribution in [0.15, 0.2) is 36.4 Å². The van der Waals surface area contributed by atoms with E-state index in [1.807, 2.05) is 12.0 Å². The number of H-pyrrole nitrogens is 1. The maximum Gasteiger partial charge on any atom is 0.436 e. The maximum absolute atomic E-state index is 13.4. The van der Waals surface area contributed by atoms with Crippen molar-refractivity contribution in [2.24, 2.45) is 0 Å². The van der Waals surface area contributed by atoms with Gasteiger partial charge in [0.25, 0.3) is 0 Å². The van der Waals surface area contributed by atoms with E-state index in [9.17, 15) is 23.4 Å². The molecule has 0 saturated carbocycles. The Morgan fingerprint density at radius 2 is 1.75 bits per heavy atom. The van der Waals surface area contributed by atoms with Crippen molar-refractivity contribution in [3.8, 4) is 34.3 Å². The molecule has 148 valence electrons. The summed E-state index contributed by atoms with van der Waals surface area (Å²) in [5.74, 6) is -0.885. The maximum atomic E-state index is 13.4. The second kappa shape index (κ2) is 7.46. The van der Waals surface area contributed by atoms with Gasteiger partial charge < -0.3 is 14.9 Å². The molecule has 3 N–H and O–H groups in total. The molecule has 3 aromatic rings. The first kappa shape index (κ1) is 19.6. The summed E-state index contributed by atoms with van der Waals surface area (Å²) >= 11 is 0. The number of halogens is 3. The van der Waals surface area contributed by atoms with E-state index in [0.717, 1.165) is 18.4 Å². The van der Waals surface area contributed by atoms with Gasteiger partial charge in [-0.1, -0.05) is 25.5 Å². The van der Waals surface area contributed by atoms with Crippen LogP contribution in [0.25, 0.3) is 11.3 Å². The molecule has 0 fully saturated rings. The molecule has 0 aliphatic carbocycles. The monoisotopic (exact) mass is 392 g/mol. The number of ether oxygens (including phenoxy) is 1. The first-order chi connectivity index (χ1) is 13.2. The van der Waals surface area contributed by atoms with Crippen LogP contribution in [-0.4, -0.2) is 20.4 Å². The first-order valence-corrected chi connectivity index (χ1v) is 8.66. The van der Waals surface area contributed by atoms with Crippen LogP contribution >= 0.6 is 0 Å². The van der Waals surface area contributed by atoms with Crippen LogP contribution in [-0.2, 0) is 12.6 Å². The quantitative estimate of drug-likeness (QED) is 0.531. The van der Waals surface area contributed by atoms with E-state index in [0.29, 0.717) is 0 Å². The third-order valence-corrected chi connectivity index (χ3v) is 4.34. The average molecular weight is 392 g/mol. The fourth-order valence-corrected chi connectivity index (χ4v) is 2.82. The summed E-state index contributed by atoms with van der Waals surface area (Å²) in [6.45, 7) is 3.47. The van der Waals surface area contributed by atoms with Gasteiger partial charge in [-0.3, -0.25) is 5.10 Å². The van der Waals surface area contributed by atoms with E-state index in [4.69, 9.17) is 4.74 Å². The van der Waals surface area contributed by atoms with Gasteiger partial charge in [0, 0.05) is 11.1 Å². The standard InChI is InChI=1S/C20H19F3N2O3/c1-3-4-12-5-7-13(8-6-12)28-18-16(24-25-19(18)20(21,22)23)14-9-10-15(26)11(2)17(14)27/h5-10,26-27H,3-4H2,1-2H3,(H,24,25). The van der Waals surface area contributed by atoms with E-state index in [2.05, 4.69) is 5.10 Å². The average Bonchev–Trinajstić information content (AvgIpc) is 3.05. The predicted molar refractivity (Wildman–Crippen MR) is 97.6 cm³/mol. The number of nitrogens with one attached hydrogen (secondary N) is 1. The normalized spacial score (nSPS) is 11.6. The van der Waals surface area contributed by atoms with Crippen LogP contribution in [0.4, 0.5) is 13.2 Å². The zero-order chi connectivity index (χ0) is 20.5. The number of hydrogen-bond acceptors (Lipinski definition) is 4. The van der Waals surface area contributed by atoms with Crippen LogP contribution < -0.4 is 4.74 Å². The summed E-state index contributed by atoms with van der Waals surface area (Å²) in [5, 5.41) is 25.6. The molecular weight excluding hydrogens is 373 g/mol. The molecule has 0 spiro atoms. The molecule has 0 atom stereocenters. The Morgan fingerprint density at radius 1 is 1.07 bits per heavy atom. The van der Waals surface area contributed by atoms with Gasteiger partial charge in [-0.15, -0.1) is 0 Å². The molecule has 0 saturated heterocycles.